The van der Waals surface area contributed by atoms with Gasteiger partial charge in [-0.15, -0.1) is 0 Å². The number of methoxy groups -OCH3 is 1. The minimum atomic E-state index is -0.217. The quantitative estimate of drug-likeness (QED) is 0.724. The molecule has 1 aliphatic carbocycles. The Morgan fingerprint density at radius 2 is 2.20 bits per heavy atom. The normalized spacial score (nSPS) is 23.6. The van der Waals surface area contributed by atoms with E-state index in [0.29, 0.717) is 43.6 Å². The number of aromatic nitrogens is 2. The number of nitrogens with zero attached hydrogens (tertiary/aromatic N) is 2. The largest absolute Gasteiger partial charge is 0.488 e. The summed E-state index contributed by atoms with van der Waals surface area (Å²) in [6.07, 6.45) is 7.11. The van der Waals surface area contributed by atoms with Crippen LogP contribution in [0.25, 0.3) is 0 Å². The maximum atomic E-state index is 14.4. The number of hydrogen-bond acceptors (Lipinski definition) is 7. The van der Waals surface area contributed by atoms with Crippen molar-refractivity contribution in [2.45, 2.75) is 12.5 Å². The summed E-state index contributed by atoms with van der Waals surface area (Å²) < 4.78 is 30.4. The average molecular weight is 350 g/mol. The molecule has 1 aromatic rings. The number of anilines is 1. The molecule has 25 heavy (non-hydrogen) atoms. The van der Waals surface area contributed by atoms with Crippen molar-refractivity contribution in [1.29, 1.82) is 0 Å². The summed E-state index contributed by atoms with van der Waals surface area (Å²) in [4.78, 5) is 8.27. The van der Waals surface area contributed by atoms with Crippen molar-refractivity contribution >= 4 is 5.95 Å². The van der Waals surface area contributed by atoms with Crippen LogP contribution in [0.15, 0.2) is 36.1 Å². The van der Waals surface area contributed by atoms with Gasteiger partial charge in [0.05, 0.1) is 37.4 Å². The van der Waals surface area contributed by atoms with E-state index in [0.717, 1.165) is 13.1 Å². The van der Waals surface area contributed by atoms with Gasteiger partial charge in [-0.1, -0.05) is 6.08 Å². The van der Waals surface area contributed by atoms with Gasteiger partial charge in [-0.05, 0) is 6.08 Å². The fourth-order valence-corrected chi connectivity index (χ4v) is 2.74. The maximum absolute atomic E-state index is 14.4. The Kier molecular flexibility index (Phi) is 6.32. The van der Waals surface area contributed by atoms with Crippen LogP contribution >= 0.6 is 0 Å². The van der Waals surface area contributed by atoms with Crippen LogP contribution in [0.2, 0.25) is 0 Å². The topological polar surface area (TPSA) is 77.5 Å². The zero-order valence-electron chi connectivity index (χ0n) is 14.2. The SMILES string of the molecule is COCCOc1cnc(NC2=C(F)CC([C@H]3CNCCO3)C=C2)nc1. The van der Waals surface area contributed by atoms with Gasteiger partial charge in [0.15, 0.2) is 5.75 Å². The lowest BCUT2D eigenvalue weighted by atomic mass is 9.92. The standard InChI is InChI=1S/C17H23FN4O3/c1-23-6-7-24-13-9-20-17(21-10-13)22-15-3-2-12(8-14(15)18)16-11-19-4-5-25-16/h2-3,9-10,12,16,19H,4-8,11H2,1H3,(H,20,21,22)/t12?,16-/m1/s1. The molecule has 0 spiro atoms. The fraction of sp³-hybridized carbons (Fsp3) is 0.529. The zero-order valence-corrected chi connectivity index (χ0v) is 14.2. The maximum Gasteiger partial charge on any atom is 0.227 e. The van der Waals surface area contributed by atoms with E-state index in [9.17, 15) is 4.39 Å². The number of nitrogens with one attached hydrogen (secondary N) is 2. The summed E-state index contributed by atoms with van der Waals surface area (Å²) in [5, 5.41) is 6.18. The predicted molar refractivity (Wildman–Crippen MR) is 91.0 cm³/mol. The van der Waals surface area contributed by atoms with E-state index < -0.39 is 0 Å². The molecule has 0 bridgehead atoms. The second-order valence-electron chi connectivity index (χ2n) is 5.87. The van der Waals surface area contributed by atoms with E-state index in [1.165, 1.54) is 0 Å². The molecule has 2 N–H and O–H groups in total. The first-order chi connectivity index (χ1) is 12.3. The highest BCUT2D eigenvalue weighted by atomic mass is 19.1. The number of hydrogen-bond donors (Lipinski definition) is 2. The van der Waals surface area contributed by atoms with Gasteiger partial charge < -0.3 is 24.8 Å². The van der Waals surface area contributed by atoms with Crippen molar-refractivity contribution in [1.82, 2.24) is 15.3 Å². The van der Waals surface area contributed by atoms with E-state index >= 15 is 0 Å². The molecule has 7 nitrogen and oxygen atoms in total. The lowest BCUT2D eigenvalue weighted by molar-refractivity contribution is 0.00174. The second-order valence-corrected chi connectivity index (χ2v) is 5.87. The van der Waals surface area contributed by atoms with Crippen LogP contribution in [-0.4, -0.2) is 56.1 Å². The summed E-state index contributed by atoms with van der Waals surface area (Å²) in [6.45, 7) is 3.18. The van der Waals surface area contributed by atoms with Crippen molar-refractivity contribution in [3.63, 3.8) is 0 Å². The molecule has 0 aromatic carbocycles. The molecule has 2 aliphatic rings. The molecule has 3 rings (SSSR count). The van der Waals surface area contributed by atoms with Crippen LogP contribution in [0.3, 0.4) is 0 Å². The number of ether oxygens (including phenoxy) is 3. The summed E-state index contributed by atoms with van der Waals surface area (Å²) >= 11 is 0. The molecule has 1 aliphatic heterocycles. The van der Waals surface area contributed by atoms with Gasteiger partial charge in [0.1, 0.15) is 12.4 Å². The molecule has 1 unspecified atom stereocenters. The predicted octanol–water partition coefficient (Wildman–Crippen LogP) is 1.66. The van der Waals surface area contributed by atoms with Gasteiger partial charge in [-0.2, -0.15) is 0 Å². The average Bonchev–Trinajstić information content (AvgIpc) is 2.66. The third kappa shape index (κ3) is 4.97. The fourth-order valence-electron chi connectivity index (χ4n) is 2.74. The van der Waals surface area contributed by atoms with E-state index in [2.05, 4.69) is 20.6 Å². The second kappa shape index (κ2) is 8.89. The molecule has 2 heterocycles. The first-order valence-electron chi connectivity index (χ1n) is 8.36. The zero-order chi connectivity index (χ0) is 17.5. The lowest BCUT2D eigenvalue weighted by Crippen LogP contribution is -2.42. The lowest BCUT2D eigenvalue weighted by Gasteiger charge is -2.30. The molecule has 1 fully saturated rings. The molecule has 1 aromatic heterocycles. The number of morpholine rings is 1. The third-order valence-corrected chi connectivity index (χ3v) is 4.08. The van der Waals surface area contributed by atoms with Crippen molar-refractivity contribution in [3.05, 3.63) is 36.1 Å². The van der Waals surface area contributed by atoms with Gasteiger partial charge >= 0.3 is 0 Å². The highest BCUT2D eigenvalue weighted by molar-refractivity contribution is 5.43. The number of allylic oxidation sites excluding steroid dienone is 2. The van der Waals surface area contributed by atoms with E-state index in [1.807, 2.05) is 6.08 Å². The third-order valence-electron chi connectivity index (χ3n) is 4.08. The molecule has 8 heteroatoms. The molecular formula is C17H23FN4O3. The first kappa shape index (κ1) is 17.8. The Morgan fingerprint density at radius 3 is 2.88 bits per heavy atom. The molecule has 0 saturated carbocycles. The van der Waals surface area contributed by atoms with Crippen LogP contribution in [0.1, 0.15) is 6.42 Å². The summed E-state index contributed by atoms with van der Waals surface area (Å²) in [6, 6.07) is 0. The highest BCUT2D eigenvalue weighted by Gasteiger charge is 2.27. The molecule has 0 radical (unpaired) electrons. The van der Waals surface area contributed by atoms with Crippen LogP contribution in [-0.2, 0) is 9.47 Å². The van der Waals surface area contributed by atoms with Crippen molar-refractivity contribution in [3.8, 4) is 5.75 Å². The van der Waals surface area contributed by atoms with E-state index in [-0.39, 0.29) is 17.8 Å². The smallest absolute Gasteiger partial charge is 0.227 e. The molecule has 2 atom stereocenters. The molecule has 1 saturated heterocycles. The Hall–Kier alpha value is -2.03. The van der Waals surface area contributed by atoms with Crippen molar-refractivity contribution in [2.24, 2.45) is 5.92 Å². The Labute approximate surface area is 146 Å². The molecule has 0 amide bonds. The summed E-state index contributed by atoms with van der Waals surface area (Å²) in [7, 11) is 1.61. The Bertz CT molecular complexity index is 615. The van der Waals surface area contributed by atoms with Gasteiger partial charge in [0, 0.05) is 32.5 Å². The van der Waals surface area contributed by atoms with Crippen molar-refractivity contribution in [2.75, 3.05) is 45.3 Å². The monoisotopic (exact) mass is 350 g/mol. The van der Waals surface area contributed by atoms with Gasteiger partial charge in [0.25, 0.3) is 0 Å². The van der Waals surface area contributed by atoms with Gasteiger partial charge in [0.2, 0.25) is 5.95 Å². The Balaban J connectivity index is 1.55. The van der Waals surface area contributed by atoms with Crippen molar-refractivity contribution < 1.29 is 18.6 Å². The van der Waals surface area contributed by atoms with Crippen LogP contribution in [0.5, 0.6) is 5.75 Å². The number of halogens is 1. The highest BCUT2D eigenvalue weighted by Crippen LogP contribution is 2.29. The van der Waals surface area contributed by atoms with Crippen LogP contribution in [0.4, 0.5) is 10.3 Å². The van der Waals surface area contributed by atoms with E-state index in [4.69, 9.17) is 14.2 Å². The van der Waals surface area contributed by atoms with Gasteiger partial charge in [-0.3, -0.25) is 0 Å². The van der Waals surface area contributed by atoms with Crippen LogP contribution < -0.4 is 15.4 Å². The van der Waals surface area contributed by atoms with Crippen LogP contribution in [0, 0.1) is 5.92 Å². The molecule has 136 valence electrons. The molecular weight excluding hydrogens is 327 g/mol. The minimum Gasteiger partial charge on any atom is -0.488 e. The summed E-state index contributed by atoms with van der Waals surface area (Å²) in [5.74, 6) is 0.683. The summed E-state index contributed by atoms with van der Waals surface area (Å²) in [5.41, 5.74) is 0.382. The van der Waals surface area contributed by atoms with E-state index in [1.54, 1.807) is 25.6 Å². The number of rotatable bonds is 7. The van der Waals surface area contributed by atoms with Gasteiger partial charge in [-0.25, -0.2) is 14.4 Å². The minimum absolute atomic E-state index is 0.0112. The Morgan fingerprint density at radius 1 is 1.36 bits per heavy atom. The first-order valence-corrected chi connectivity index (χ1v) is 8.36.